The van der Waals surface area contributed by atoms with Crippen molar-refractivity contribution < 1.29 is 4.42 Å². The van der Waals surface area contributed by atoms with E-state index in [4.69, 9.17) is 4.42 Å². The van der Waals surface area contributed by atoms with Crippen LogP contribution in [-0.4, -0.2) is 4.98 Å². The first-order valence-corrected chi connectivity index (χ1v) is 5.67. The Labute approximate surface area is 99.5 Å². The first kappa shape index (κ1) is 10.0. The van der Waals surface area contributed by atoms with Crippen molar-refractivity contribution >= 4 is 16.6 Å². The van der Waals surface area contributed by atoms with Crippen molar-refractivity contribution in [3.05, 3.63) is 54.1 Å². The van der Waals surface area contributed by atoms with Crippen molar-refractivity contribution in [2.45, 2.75) is 13.5 Å². The van der Waals surface area contributed by atoms with Crippen LogP contribution in [0, 0.1) is 6.92 Å². The minimum Gasteiger partial charge on any atom is -0.465 e. The van der Waals surface area contributed by atoms with Crippen LogP contribution in [-0.2, 0) is 6.54 Å². The van der Waals surface area contributed by atoms with Gasteiger partial charge >= 0.3 is 0 Å². The van der Waals surface area contributed by atoms with E-state index in [9.17, 15) is 0 Å². The fraction of sp³-hybridized carbons (Fsp3) is 0.143. The molecule has 3 aromatic rings. The molecule has 2 heterocycles. The number of aromatic nitrogens is 1. The summed E-state index contributed by atoms with van der Waals surface area (Å²) in [6.07, 6.45) is 1.95. The van der Waals surface area contributed by atoms with Crippen molar-refractivity contribution in [3.8, 4) is 0 Å². The molecule has 0 bridgehead atoms. The van der Waals surface area contributed by atoms with Crippen LogP contribution in [0.2, 0.25) is 0 Å². The highest BCUT2D eigenvalue weighted by atomic mass is 16.3. The molecule has 0 aliphatic heterocycles. The molecular weight excluding hydrogens is 212 g/mol. The first-order chi connectivity index (χ1) is 8.31. The fourth-order valence-electron chi connectivity index (χ4n) is 1.93. The Morgan fingerprint density at radius 2 is 2.12 bits per heavy atom. The van der Waals surface area contributed by atoms with Gasteiger partial charge in [-0.05, 0) is 43.3 Å². The summed E-state index contributed by atoms with van der Waals surface area (Å²) >= 11 is 0. The summed E-state index contributed by atoms with van der Waals surface area (Å²) in [4.78, 5) is 3.18. The van der Waals surface area contributed by atoms with E-state index in [2.05, 4.69) is 34.6 Å². The third-order valence-corrected chi connectivity index (χ3v) is 2.82. The van der Waals surface area contributed by atoms with E-state index >= 15 is 0 Å². The minimum absolute atomic E-state index is 0.712. The molecule has 1 aromatic carbocycles. The summed E-state index contributed by atoms with van der Waals surface area (Å²) in [5.74, 6) is 1.90. The van der Waals surface area contributed by atoms with Gasteiger partial charge in [0, 0.05) is 22.8 Å². The summed E-state index contributed by atoms with van der Waals surface area (Å²) < 4.78 is 5.51. The number of benzene rings is 1. The van der Waals surface area contributed by atoms with Gasteiger partial charge in [0.05, 0.1) is 6.54 Å². The normalized spacial score (nSPS) is 10.9. The summed E-state index contributed by atoms with van der Waals surface area (Å²) in [6, 6.07) is 12.3. The molecule has 0 amide bonds. The number of anilines is 1. The Morgan fingerprint density at radius 1 is 1.18 bits per heavy atom. The van der Waals surface area contributed by atoms with Gasteiger partial charge < -0.3 is 14.7 Å². The molecule has 0 aliphatic carbocycles. The van der Waals surface area contributed by atoms with Crippen LogP contribution in [0.4, 0.5) is 5.69 Å². The number of hydrogen-bond donors (Lipinski definition) is 2. The van der Waals surface area contributed by atoms with E-state index in [1.165, 1.54) is 5.39 Å². The zero-order valence-corrected chi connectivity index (χ0v) is 9.66. The third kappa shape index (κ3) is 2.04. The predicted molar refractivity (Wildman–Crippen MR) is 69.1 cm³/mol. The average Bonchev–Trinajstić information content (AvgIpc) is 2.94. The number of aromatic amines is 1. The van der Waals surface area contributed by atoms with Gasteiger partial charge in [-0.3, -0.25) is 0 Å². The average molecular weight is 226 g/mol. The molecular formula is C14H14N2O. The van der Waals surface area contributed by atoms with Crippen molar-refractivity contribution in [1.29, 1.82) is 0 Å². The molecule has 0 saturated heterocycles. The number of aryl methyl sites for hydroxylation is 1. The molecule has 0 atom stereocenters. The quantitative estimate of drug-likeness (QED) is 0.715. The highest BCUT2D eigenvalue weighted by Gasteiger charge is 2.00. The summed E-state index contributed by atoms with van der Waals surface area (Å²) in [6.45, 7) is 2.67. The topological polar surface area (TPSA) is 41.0 Å². The molecule has 0 unspecified atom stereocenters. The number of hydrogen-bond acceptors (Lipinski definition) is 2. The Balaban J connectivity index is 1.76. The monoisotopic (exact) mass is 226 g/mol. The third-order valence-electron chi connectivity index (χ3n) is 2.82. The van der Waals surface area contributed by atoms with Crippen molar-refractivity contribution in [3.63, 3.8) is 0 Å². The molecule has 0 saturated carbocycles. The zero-order valence-electron chi connectivity index (χ0n) is 9.66. The SMILES string of the molecule is Cc1ccc(CNc2ccc3[nH]ccc3c2)o1. The smallest absolute Gasteiger partial charge is 0.123 e. The summed E-state index contributed by atoms with van der Waals surface area (Å²) in [5, 5.41) is 4.56. The van der Waals surface area contributed by atoms with E-state index < -0.39 is 0 Å². The highest BCUT2D eigenvalue weighted by molar-refractivity contribution is 5.82. The van der Waals surface area contributed by atoms with E-state index in [0.717, 1.165) is 22.7 Å². The van der Waals surface area contributed by atoms with Gasteiger partial charge in [0.1, 0.15) is 11.5 Å². The highest BCUT2D eigenvalue weighted by Crippen LogP contribution is 2.18. The zero-order chi connectivity index (χ0) is 11.7. The summed E-state index contributed by atoms with van der Waals surface area (Å²) in [5.41, 5.74) is 2.26. The molecule has 0 fully saturated rings. The van der Waals surface area contributed by atoms with Crippen LogP contribution in [0.1, 0.15) is 11.5 Å². The molecule has 0 spiro atoms. The standard InChI is InChI=1S/C14H14N2O/c1-10-2-4-13(17-10)9-16-12-3-5-14-11(8-12)6-7-15-14/h2-8,15-16H,9H2,1H3. The Hall–Kier alpha value is -2.16. The molecule has 3 nitrogen and oxygen atoms in total. The number of furan rings is 1. The molecule has 86 valence electrons. The van der Waals surface area contributed by atoms with Crippen LogP contribution in [0.25, 0.3) is 10.9 Å². The maximum Gasteiger partial charge on any atom is 0.123 e. The van der Waals surface area contributed by atoms with E-state index in [1.807, 2.05) is 25.3 Å². The number of fused-ring (bicyclic) bond motifs is 1. The Kier molecular flexibility index (Phi) is 2.37. The maximum absolute atomic E-state index is 5.51. The van der Waals surface area contributed by atoms with Gasteiger partial charge in [-0.15, -0.1) is 0 Å². The lowest BCUT2D eigenvalue weighted by atomic mass is 10.2. The lowest BCUT2D eigenvalue weighted by molar-refractivity contribution is 0.490. The number of rotatable bonds is 3. The molecule has 3 rings (SSSR count). The van der Waals surface area contributed by atoms with Crippen LogP contribution in [0.5, 0.6) is 0 Å². The predicted octanol–water partition coefficient (Wildman–Crippen LogP) is 3.68. The van der Waals surface area contributed by atoms with Crippen molar-refractivity contribution in [2.75, 3.05) is 5.32 Å². The van der Waals surface area contributed by atoms with Crippen LogP contribution >= 0.6 is 0 Å². The number of nitrogens with one attached hydrogen (secondary N) is 2. The Bertz CT molecular complexity index is 636. The fourth-order valence-corrected chi connectivity index (χ4v) is 1.93. The molecule has 0 radical (unpaired) electrons. The van der Waals surface area contributed by atoms with E-state index in [0.29, 0.717) is 6.54 Å². The lowest BCUT2D eigenvalue weighted by Gasteiger charge is -2.04. The molecule has 3 heteroatoms. The van der Waals surface area contributed by atoms with Crippen LogP contribution in [0.15, 0.2) is 47.0 Å². The van der Waals surface area contributed by atoms with E-state index in [-0.39, 0.29) is 0 Å². The van der Waals surface area contributed by atoms with Gasteiger partial charge in [0.2, 0.25) is 0 Å². The molecule has 0 aliphatic rings. The van der Waals surface area contributed by atoms with Gasteiger partial charge in [-0.2, -0.15) is 0 Å². The first-order valence-electron chi connectivity index (χ1n) is 5.67. The second-order valence-electron chi connectivity index (χ2n) is 4.15. The van der Waals surface area contributed by atoms with Crippen molar-refractivity contribution in [2.24, 2.45) is 0 Å². The van der Waals surface area contributed by atoms with Gasteiger partial charge in [0.15, 0.2) is 0 Å². The largest absolute Gasteiger partial charge is 0.465 e. The van der Waals surface area contributed by atoms with Gasteiger partial charge in [-0.1, -0.05) is 0 Å². The summed E-state index contributed by atoms with van der Waals surface area (Å²) in [7, 11) is 0. The van der Waals surface area contributed by atoms with Gasteiger partial charge in [-0.25, -0.2) is 0 Å². The molecule has 2 N–H and O–H groups in total. The second-order valence-corrected chi connectivity index (χ2v) is 4.15. The number of H-pyrrole nitrogens is 1. The molecule has 2 aromatic heterocycles. The minimum atomic E-state index is 0.712. The molecule has 17 heavy (non-hydrogen) atoms. The lowest BCUT2D eigenvalue weighted by Crippen LogP contribution is -1.97. The Morgan fingerprint density at radius 3 is 2.94 bits per heavy atom. The second kappa shape index (κ2) is 4.01. The van der Waals surface area contributed by atoms with Crippen molar-refractivity contribution in [1.82, 2.24) is 4.98 Å². The van der Waals surface area contributed by atoms with Gasteiger partial charge in [0.25, 0.3) is 0 Å². The van der Waals surface area contributed by atoms with E-state index in [1.54, 1.807) is 0 Å². The maximum atomic E-state index is 5.51. The van der Waals surface area contributed by atoms with Crippen LogP contribution < -0.4 is 5.32 Å². The van der Waals surface area contributed by atoms with Crippen LogP contribution in [0.3, 0.4) is 0 Å².